The highest BCUT2D eigenvalue weighted by molar-refractivity contribution is 5.97. The van der Waals surface area contributed by atoms with Crippen molar-refractivity contribution in [2.24, 2.45) is 24.8 Å². The molecule has 3 heterocycles. The number of carboxylic acid groups (broad SMARTS) is 1. The van der Waals surface area contributed by atoms with E-state index >= 15 is 0 Å². The smallest absolute Gasteiger partial charge is 0.308 e. The van der Waals surface area contributed by atoms with E-state index in [0.717, 1.165) is 29.6 Å². The molecule has 126 valence electrons. The van der Waals surface area contributed by atoms with Crippen LogP contribution in [0.15, 0.2) is 12.3 Å². The summed E-state index contributed by atoms with van der Waals surface area (Å²) in [5, 5.41) is 14.6. The van der Waals surface area contributed by atoms with E-state index in [9.17, 15) is 14.7 Å². The Hall–Kier alpha value is -2.44. The molecule has 0 unspecified atom stereocenters. The van der Waals surface area contributed by atoms with E-state index in [4.69, 9.17) is 0 Å². The molecule has 1 aliphatic carbocycles. The highest BCUT2D eigenvalue weighted by Gasteiger charge is 2.47. The molecule has 0 bridgehead atoms. The Kier molecular flexibility index (Phi) is 3.33. The maximum absolute atomic E-state index is 12.8. The summed E-state index contributed by atoms with van der Waals surface area (Å²) < 4.78 is 1.69. The van der Waals surface area contributed by atoms with E-state index in [1.54, 1.807) is 15.8 Å². The number of fused-ring (bicyclic) bond motifs is 1. The number of hydrogen-bond donors (Lipinski definition) is 1. The minimum absolute atomic E-state index is 0.0864. The molecule has 2 aromatic rings. The largest absolute Gasteiger partial charge is 0.481 e. The summed E-state index contributed by atoms with van der Waals surface area (Å²) in [5.41, 5.74) is 2.07. The van der Waals surface area contributed by atoms with Crippen molar-refractivity contribution in [2.75, 3.05) is 13.1 Å². The van der Waals surface area contributed by atoms with Crippen LogP contribution in [0, 0.1) is 24.7 Å². The number of rotatable bonds is 3. The minimum Gasteiger partial charge on any atom is -0.481 e. The topological polar surface area (TPSA) is 88.3 Å². The molecule has 7 heteroatoms. The van der Waals surface area contributed by atoms with Gasteiger partial charge in [0.05, 0.1) is 17.2 Å². The lowest BCUT2D eigenvalue weighted by molar-refractivity contribution is -0.142. The van der Waals surface area contributed by atoms with Gasteiger partial charge in [-0.05, 0) is 37.7 Å². The molecule has 4 rings (SSSR count). The summed E-state index contributed by atoms with van der Waals surface area (Å²) in [5.74, 6) is -0.826. The molecule has 2 fully saturated rings. The summed E-state index contributed by atoms with van der Waals surface area (Å²) in [6.07, 6.45) is 3.73. The number of pyridine rings is 1. The number of hydrogen-bond acceptors (Lipinski definition) is 4. The van der Waals surface area contributed by atoms with Crippen LogP contribution in [0.3, 0.4) is 0 Å². The Morgan fingerprint density at radius 3 is 2.71 bits per heavy atom. The Bertz CT molecular complexity index is 840. The Labute approximate surface area is 139 Å². The van der Waals surface area contributed by atoms with E-state index in [0.29, 0.717) is 24.6 Å². The zero-order valence-corrected chi connectivity index (χ0v) is 13.8. The van der Waals surface area contributed by atoms with Crippen molar-refractivity contribution in [3.63, 3.8) is 0 Å². The van der Waals surface area contributed by atoms with Gasteiger partial charge in [-0.2, -0.15) is 5.10 Å². The fourth-order valence-electron chi connectivity index (χ4n) is 3.87. The van der Waals surface area contributed by atoms with Crippen LogP contribution >= 0.6 is 0 Å². The number of aryl methyl sites for hydroxylation is 2. The van der Waals surface area contributed by atoms with Crippen molar-refractivity contribution in [1.82, 2.24) is 19.7 Å². The molecule has 2 atom stereocenters. The van der Waals surface area contributed by atoms with Crippen LogP contribution in [-0.4, -0.2) is 49.7 Å². The number of carboxylic acids is 1. The summed E-state index contributed by atoms with van der Waals surface area (Å²) >= 11 is 0. The van der Waals surface area contributed by atoms with Gasteiger partial charge in [0, 0.05) is 31.7 Å². The number of amides is 1. The number of nitrogens with zero attached hydrogens (tertiary/aromatic N) is 4. The highest BCUT2D eigenvalue weighted by atomic mass is 16.4. The summed E-state index contributed by atoms with van der Waals surface area (Å²) in [6, 6.07) is 1.81. The van der Waals surface area contributed by atoms with Crippen molar-refractivity contribution in [3.8, 4) is 0 Å². The maximum atomic E-state index is 12.8. The molecular weight excluding hydrogens is 308 g/mol. The molecule has 0 spiro atoms. The lowest BCUT2D eigenvalue weighted by Gasteiger charge is -2.16. The zero-order valence-electron chi connectivity index (χ0n) is 13.8. The normalized spacial score (nSPS) is 23.8. The van der Waals surface area contributed by atoms with Crippen LogP contribution in [0.2, 0.25) is 0 Å². The molecule has 0 aromatic carbocycles. The molecule has 1 saturated carbocycles. The minimum atomic E-state index is -0.793. The fraction of sp³-hybridized carbons (Fsp3) is 0.529. The molecule has 1 N–H and O–H groups in total. The molecule has 2 aliphatic rings. The van der Waals surface area contributed by atoms with Gasteiger partial charge in [-0.1, -0.05) is 0 Å². The third-order valence-corrected chi connectivity index (χ3v) is 5.31. The first-order chi connectivity index (χ1) is 11.5. The molecule has 1 aliphatic heterocycles. The van der Waals surface area contributed by atoms with Gasteiger partial charge in [-0.25, -0.2) is 4.98 Å². The van der Waals surface area contributed by atoms with Crippen molar-refractivity contribution in [3.05, 3.63) is 23.5 Å². The van der Waals surface area contributed by atoms with Crippen LogP contribution < -0.4 is 0 Å². The van der Waals surface area contributed by atoms with Gasteiger partial charge in [0.1, 0.15) is 0 Å². The zero-order chi connectivity index (χ0) is 17.0. The second-order valence-corrected chi connectivity index (χ2v) is 6.96. The SMILES string of the molecule is Cc1nn(C)c2ncc(C(=O)N3C[C@H](C(=O)O)[C@@H](C4CC4)C3)cc12. The third kappa shape index (κ3) is 2.35. The first-order valence-electron chi connectivity index (χ1n) is 8.27. The monoisotopic (exact) mass is 328 g/mol. The Morgan fingerprint density at radius 1 is 1.29 bits per heavy atom. The third-order valence-electron chi connectivity index (χ3n) is 5.31. The van der Waals surface area contributed by atoms with Crippen LogP contribution in [0.5, 0.6) is 0 Å². The standard InChI is InChI=1S/C17H20N4O3/c1-9-12-5-11(6-18-15(12)20(2)19-9)16(22)21-7-13(10-3-4-10)14(8-21)17(23)24/h5-6,10,13-14H,3-4,7-8H2,1-2H3,(H,23,24)/t13-,14+/m1/s1. The van der Waals surface area contributed by atoms with E-state index in [1.807, 2.05) is 20.0 Å². The molecule has 2 aromatic heterocycles. The molecule has 24 heavy (non-hydrogen) atoms. The first kappa shape index (κ1) is 15.1. The number of carbonyl (C=O) groups is 2. The molecule has 0 radical (unpaired) electrons. The van der Waals surface area contributed by atoms with Crippen LogP contribution in [0.25, 0.3) is 11.0 Å². The van der Waals surface area contributed by atoms with Crippen LogP contribution in [-0.2, 0) is 11.8 Å². The highest BCUT2D eigenvalue weighted by Crippen LogP contribution is 2.44. The van der Waals surface area contributed by atoms with Crippen molar-refractivity contribution < 1.29 is 14.7 Å². The van der Waals surface area contributed by atoms with Gasteiger partial charge in [-0.3, -0.25) is 14.3 Å². The number of likely N-dealkylation sites (tertiary alicyclic amines) is 1. The molecular formula is C17H20N4O3. The van der Waals surface area contributed by atoms with Crippen molar-refractivity contribution in [1.29, 1.82) is 0 Å². The molecule has 1 saturated heterocycles. The second kappa shape index (κ2) is 5.29. The quantitative estimate of drug-likeness (QED) is 0.921. The first-order valence-corrected chi connectivity index (χ1v) is 8.27. The predicted octanol–water partition coefficient (Wildman–Crippen LogP) is 1.46. The summed E-state index contributed by atoms with van der Waals surface area (Å²) in [6.45, 7) is 2.71. The average molecular weight is 328 g/mol. The van der Waals surface area contributed by atoms with E-state index < -0.39 is 11.9 Å². The van der Waals surface area contributed by atoms with Gasteiger partial charge >= 0.3 is 5.97 Å². The van der Waals surface area contributed by atoms with Gasteiger partial charge < -0.3 is 10.0 Å². The van der Waals surface area contributed by atoms with Gasteiger partial charge in [0.25, 0.3) is 5.91 Å². The van der Waals surface area contributed by atoms with E-state index in [2.05, 4.69) is 10.1 Å². The maximum Gasteiger partial charge on any atom is 0.308 e. The molecule has 1 amide bonds. The fourth-order valence-corrected chi connectivity index (χ4v) is 3.87. The van der Waals surface area contributed by atoms with E-state index in [-0.39, 0.29) is 11.8 Å². The molecule has 7 nitrogen and oxygen atoms in total. The lowest BCUT2D eigenvalue weighted by atomic mass is 9.92. The number of aliphatic carboxylic acids is 1. The number of carbonyl (C=O) groups excluding carboxylic acids is 1. The number of aromatic nitrogens is 3. The Morgan fingerprint density at radius 2 is 2.04 bits per heavy atom. The van der Waals surface area contributed by atoms with Crippen LogP contribution in [0.1, 0.15) is 28.9 Å². The Balaban J connectivity index is 1.61. The van der Waals surface area contributed by atoms with Crippen molar-refractivity contribution >= 4 is 22.9 Å². The lowest BCUT2D eigenvalue weighted by Crippen LogP contribution is -2.30. The summed E-state index contributed by atoms with van der Waals surface area (Å²) in [4.78, 5) is 30.4. The van der Waals surface area contributed by atoms with Gasteiger partial charge in [-0.15, -0.1) is 0 Å². The second-order valence-electron chi connectivity index (χ2n) is 6.96. The van der Waals surface area contributed by atoms with Crippen molar-refractivity contribution in [2.45, 2.75) is 19.8 Å². The summed E-state index contributed by atoms with van der Waals surface area (Å²) in [7, 11) is 1.82. The van der Waals surface area contributed by atoms with Crippen LogP contribution in [0.4, 0.5) is 0 Å². The average Bonchev–Trinajstić information content (AvgIpc) is 3.24. The van der Waals surface area contributed by atoms with E-state index in [1.165, 1.54) is 0 Å². The van der Waals surface area contributed by atoms with Gasteiger partial charge in [0.15, 0.2) is 5.65 Å². The predicted molar refractivity (Wildman–Crippen MR) is 86.5 cm³/mol. The van der Waals surface area contributed by atoms with Gasteiger partial charge in [0.2, 0.25) is 0 Å².